The van der Waals surface area contributed by atoms with Gasteiger partial charge in [-0.2, -0.15) is 0 Å². The van der Waals surface area contributed by atoms with E-state index < -0.39 is 0 Å². The maximum absolute atomic E-state index is 5.87. The Hall–Kier alpha value is -0.310. The van der Waals surface area contributed by atoms with Gasteiger partial charge in [-0.15, -0.1) is 12.4 Å². The average Bonchev–Trinajstić information content (AvgIpc) is 2.36. The molecule has 1 aromatic heterocycles. The number of hydrogen-bond acceptors (Lipinski definition) is 2. The molecular weight excluding hydrogens is 183 g/mol. The predicted octanol–water partition coefficient (Wildman–Crippen LogP) is 1.76. The third-order valence-corrected chi connectivity index (χ3v) is 2.04. The fourth-order valence-electron chi connectivity index (χ4n) is 1.17. The van der Waals surface area contributed by atoms with Crippen molar-refractivity contribution in [1.82, 2.24) is 10.3 Å². The van der Waals surface area contributed by atoms with Crippen LogP contribution in [0.3, 0.4) is 0 Å². The van der Waals surface area contributed by atoms with Gasteiger partial charge in [0, 0.05) is 25.5 Å². The van der Waals surface area contributed by atoms with E-state index in [9.17, 15) is 0 Å². The molecule has 0 aromatic carbocycles. The van der Waals surface area contributed by atoms with Crippen molar-refractivity contribution in [3.05, 3.63) is 28.5 Å². The van der Waals surface area contributed by atoms with Crippen molar-refractivity contribution in [2.45, 2.75) is 13.1 Å². The normalized spacial score (nSPS) is 13.9. The molecule has 2 heterocycles. The van der Waals surface area contributed by atoms with Crippen LogP contribution >= 0.6 is 24.0 Å². The van der Waals surface area contributed by atoms with Crippen LogP contribution in [0.2, 0.25) is 5.02 Å². The van der Waals surface area contributed by atoms with E-state index >= 15 is 0 Å². The van der Waals surface area contributed by atoms with E-state index in [0.29, 0.717) is 0 Å². The summed E-state index contributed by atoms with van der Waals surface area (Å²) in [4.78, 5) is 3.98. The van der Waals surface area contributed by atoms with E-state index in [0.717, 1.165) is 18.1 Å². The van der Waals surface area contributed by atoms with Gasteiger partial charge in [-0.25, -0.2) is 0 Å². The first kappa shape index (κ1) is 8.78. The first-order valence-corrected chi connectivity index (χ1v) is 3.57. The second kappa shape index (κ2) is 3.39. The second-order valence-corrected chi connectivity index (χ2v) is 2.77. The Morgan fingerprint density at radius 2 is 2.18 bits per heavy atom. The van der Waals surface area contributed by atoms with E-state index in [2.05, 4.69) is 10.3 Å². The number of nitrogens with one attached hydrogen (secondary N) is 1. The fraction of sp³-hybridized carbons (Fsp3) is 0.286. The number of nitrogens with zero attached hydrogens (tertiary/aromatic N) is 1. The summed E-state index contributed by atoms with van der Waals surface area (Å²) < 4.78 is 0. The molecule has 2 nitrogen and oxygen atoms in total. The van der Waals surface area contributed by atoms with Crippen molar-refractivity contribution in [3.8, 4) is 0 Å². The van der Waals surface area contributed by atoms with Gasteiger partial charge in [0.2, 0.25) is 0 Å². The molecule has 0 atom stereocenters. The Morgan fingerprint density at radius 3 is 2.91 bits per heavy atom. The fourth-order valence-corrected chi connectivity index (χ4v) is 1.42. The molecule has 1 N–H and O–H groups in total. The molecule has 0 unspecified atom stereocenters. The van der Waals surface area contributed by atoms with Crippen LogP contribution in [0.4, 0.5) is 0 Å². The number of hydrogen-bond donors (Lipinski definition) is 1. The Balaban J connectivity index is 0.000000605. The molecular formula is C7H8Cl2N2. The predicted molar refractivity (Wildman–Crippen MR) is 47.0 cm³/mol. The third kappa shape index (κ3) is 1.48. The van der Waals surface area contributed by atoms with Crippen LogP contribution in [0.1, 0.15) is 11.1 Å². The number of halogens is 2. The van der Waals surface area contributed by atoms with Gasteiger partial charge in [-0.3, -0.25) is 4.98 Å². The number of rotatable bonds is 0. The molecule has 0 radical (unpaired) electrons. The first-order chi connectivity index (χ1) is 4.88. The van der Waals surface area contributed by atoms with Crippen LogP contribution in [-0.4, -0.2) is 4.98 Å². The highest BCUT2D eigenvalue weighted by molar-refractivity contribution is 6.31. The van der Waals surface area contributed by atoms with Gasteiger partial charge in [0.05, 0.1) is 5.02 Å². The highest BCUT2D eigenvalue weighted by atomic mass is 35.5. The van der Waals surface area contributed by atoms with Gasteiger partial charge in [0.15, 0.2) is 0 Å². The highest BCUT2D eigenvalue weighted by Crippen LogP contribution is 2.21. The summed E-state index contributed by atoms with van der Waals surface area (Å²) >= 11 is 5.87. The molecule has 0 amide bonds. The maximum Gasteiger partial charge on any atom is 0.0637 e. The lowest BCUT2D eigenvalue weighted by Crippen LogP contribution is -2.00. The lowest BCUT2D eigenvalue weighted by atomic mass is 10.2. The van der Waals surface area contributed by atoms with Crippen LogP contribution in [0.15, 0.2) is 12.4 Å². The first-order valence-electron chi connectivity index (χ1n) is 3.20. The molecule has 0 fully saturated rings. The van der Waals surface area contributed by atoms with Gasteiger partial charge in [-0.05, 0) is 11.1 Å². The van der Waals surface area contributed by atoms with Crippen molar-refractivity contribution in [1.29, 1.82) is 0 Å². The summed E-state index contributed by atoms with van der Waals surface area (Å²) in [6.45, 7) is 1.79. The summed E-state index contributed by atoms with van der Waals surface area (Å²) in [7, 11) is 0. The van der Waals surface area contributed by atoms with Crippen LogP contribution in [-0.2, 0) is 13.1 Å². The van der Waals surface area contributed by atoms with Crippen molar-refractivity contribution in [2.24, 2.45) is 0 Å². The zero-order valence-electron chi connectivity index (χ0n) is 5.80. The smallest absolute Gasteiger partial charge is 0.0637 e. The summed E-state index contributed by atoms with van der Waals surface area (Å²) in [6, 6.07) is 0. The standard InChI is InChI=1S/C7H7ClN2.ClH/c8-7-4-10-2-5-1-9-3-6(5)7;/h2,4,9H,1,3H2;1H. The minimum atomic E-state index is 0. The molecule has 0 spiro atoms. The SMILES string of the molecule is Cl.Clc1cncc2c1CNC2. The molecule has 0 bridgehead atoms. The topological polar surface area (TPSA) is 24.9 Å². The van der Waals surface area contributed by atoms with Gasteiger partial charge in [0.1, 0.15) is 0 Å². The zero-order chi connectivity index (χ0) is 6.97. The molecule has 2 rings (SSSR count). The quantitative estimate of drug-likeness (QED) is 0.675. The Morgan fingerprint density at radius 1 is 1.36 bits per heavy atom. The van der Waals surface area contributed by atoms with Gasteiger partial charge >= 0.3 is 0 Å². The number of pyridine rings is 1. The maximum atomic E-state index is 5.87. The monoisotopic (exact) mass is 190 g/mol. The zero-order valence-corrected chi connectivity index (χ0v) is 7.37. The second-order valence-electron chi connectivity index (χ2n) is 2.36. The van der Waals surface area contributed by atoms with Crippen LogP contribution in [0.5, 0.6) is 0 Å². The summed E-state index contributed by atoms with van der Waals surface area (Å²) in [5.41, 5.74) is 2.43. The van der Waals surface area contributed by atoms with Crippen LogP contribution in [0, 0.1) is 0 Å². The lowest BCUT2D eigenvalue weighted by molar-refractivity contribution is 0.764. The van der Waals surface area contributed by atoms with Crippen molar-refractivity contribution in [2.75, 3.05) is 0 Å². The average molecular weight is 191 g/mol. The van der Waals surface area contributed by atoms with Crippen molar-refractivity contribution >= 4 is 24.0 Å². The molecule has 4 heteroatoms. The number of fused-ring (bicyclic) bond motifs is 1. The highest BCUT2D eigenvalue weighted by Gasteiger charge is 2.12. The van der Waals surface area contributed by atoms with Crippen molar-refractivity contribution < 1.29 is 0 Å². The largest absolute Gasteiger partial charge is 0.308 e. The van der Waals surface area contributed by atoms with Crippen molar-refractivity contribution in [3.63, 3.8) is 0 Å². The minimum absolute atomic E-state index is 0. The molecule has 0 saturated carbocycles. The molecule has 1 aromatic rings. The molecule has 60 valence electrons. The lowest BCUT2D eigenvalue weighted by Gasteiger charge is -1.96. The third-order valence-electron chi connectivity index (χ3n) is 1.71. The number of aromatic nitrogens is 1. The van der Waals surface area contributed by atoms with Gasteiger partial charge in [-0.1, -0.05) is 11.6 Å². The van der Waals surface area contributed by atoms with Gasteiger partial charge in [0.25, 0.3) is 0 Å². The molecule has 11 heavy (non-hydrogen) atoms. The van der Waals surface area contributed by atoms with Gasteiger partial charge < -0.3 is 5.32 Å². The Kier molecular flexibility index (Phi) is 2.71. The van der Waals surface area contributed by atoms with Crippen LogP contribution < -0.4 is 5.32 Å². The molecule has 1 aliphatic rings. The van der Waals surface area contributed by atoms with E-state index in [1.807, 2.05) is 6.20 Å². The summed E-state index contributed by atoms with van der Waals surface area (Å²) in [5, 5.41) is 3.98. The van der Waals surface area contributed by atoms with Crippen LogP contribution in [0.25, 0.3) is 0 Å². The Bertz CT molecular complexity index is 263. The Labute approximate surface area is 76.4 Å². The molecule has 0 saturated heterocycles. The van der Waals surface area contributed by atoms with E-state index in [1.54, 1.807) is 6.20 Å². The van der Waals surface area contributed by atoms with E-state index in [4.69, 9.17) is 11.6 Å². The summed E-state index contributed by atoms with van der Waals surface area (Å²) in [6.07, 6.45) is 3.55. The van der Waals surface area contributed by atoms with E-state index in [-0.39, 0.29) is 12.4 Å². The van der Waals surface area contributed by atoms with E-state index in [1.165, 1.54) is 11.1 Å². The molecule has 0 aliphatic carbocycles. The minimum Gasteiger partial charge on any atom is -0.308 e. The summed E-state index contributed by atoms with van der Waals surface area (Å²) in [5.74, 6) is 0. The molecule has 1 aliphatic heterocycles.